The van der Waals surface area contributed by atoms with Gasteiger partial charge in [0.05, 0.1) is 15.7 Å². The van der Waals surface area contributed by atoms with Gasteiger partial charge in [-0.3, -0.25) is 9.59 Å². The fourth-order valence-electron chi connectivity index (χ4n) is 1.73. The number of nitrogens with two attached hydrogens (primary N) is 1. The summed E-state index contributed by atoms with van der Waals surface area (Å²) in [5, 5.41) is 3.14. The average Bonchev–Trinajstić information content (AvgIpc) is 2.46. The highest BCUT2D eigenvalue weighted by molar-refractivity contribution is 9.10. The van der Waals surface area contributed by atoms with E-state index in [1.54, 1.807) is 36.4 Å². The van der Waals surface area contributed by atoms with Crippen LogP contribution in [0.4, 0.5) is 5.69 Å². The van der Waals surface area contributed by atoms with Crippen molar-refractivity contribution in [3.05, 3.63) is 57.5 Å². The number of anilines is 1. The number of nitrogens with one attached hydrogen (secondary N) is 1. The van der Waals surface area contributed by atoms with Crippen LogP contribution in [0.5, 0.6) is 5.75 Å². The number of benzene rings is 2. The van der Waals surface area contributed by atoms with Crippen molar-refractivity contribution in [1.29, 1.82) is 0 Å². The maximum atomic E-state index is 11.9. The van der Waals surface area contributed by atoms with Gasteiger partial charge in [-0.05, 0) is 46.3 Å². The summed E-state index contributed by atoms with van der Waals surface area (Å²) in [5.41, 5.74) is 5.83. The number of hydrogen-bond donors (Lipinski definition) is 2. The van der Waals surface area contributed by atoms with Crippen molar-refractivity contribution < 1.29 is 14.3 Å². The molecule has 2 aromatic carbocycles. The zero-order valence-electron chi connectivity index (χ0n) is 11.3. The van der Waals surface area contributed by atoms with Gasteiger partial charge in [-0.15, -0.1) is 0 Å². The molecule has 0 atom stereocenters. The highest BCUT2D eigenvalue weighted by Gasteiger charge is 2.11. The summed E-state index contributed by atoms with van der Waals surface area (Å²) in [7, 11) is 0. The van der Waals surface area contributed by atoms with E-state index in [1.807, 2.05) is 0 Å². The van der Waals surface area contributed by atoms with Gasteiger partial charge in [0.2, 0.25) is 0 Å². The van der Waals surface area contributed by atoms with E-state index in [-0.39, 0.29) is 12.2 Å². The Bertz CT molecular complexity index is 722. The first kappa shape index (κ1) is 16.3. The Morgan fingerprint density at radius 3 is 2.64 bits per heavy atom. The smallest absolute Gasteiger partial charge is 0.262 e. The lowest BCUT2D eigenvalue weighted by atomic mass is 10.1. The summed E-state index contributed by atoms with van der Waals surface area (Å²) >= 11 is 9.12. The number of para-hydroxylation sites is 1. The van der Waals surface area contributed by atoms with Crippen LogP contribution in [-0.4, -0.2) is 18.4 Å². The predicted molar refractivity (Wildman–Crippen MR) is 88.2 cm³/mol. The Morgan fingerprint density at radius 1 is 1.23 bits per heavy atom. The van der Waals surface area contributed by atoms with Crippen LogP contribution >= 0.6 is 27.5 Å². The SMILES string of the molecule is NC(=O)c1ccccc1NC(=O)COc1ccc(Cl)cc1Br. The number of hydrogen-bond acceptors (Lipinski definition) is 3. The molecule has 114 valence electrons. The van der Waals surface area contributed by atoms with Crippen molar-refractivity contribution in [1.82, 2.24) is 0 Å². The lowest BCUT2D eigenvalue weighted by Crippen LogP contribution is -2.23. The topological polar surface area (TPSA) is 81.4 Å². The Balaban J connectivity index is 2.00. The third-order valence-corrected chi connectivity index (χ3v) is 3.57. The molecule has 0 bridgehead atoms. The quantitative estimate of drug-likeness (QED) is 0.832. The van der Waals surface area contributed by atoms with E-state index in [4.69, 9.17) is 22.1 Å². The number of rotatable bonds is 5. The predicted octanol–water partition coefficient (Wildman–Crippen LogP) is 3.22. The molecule has 2 aromatic rings. The van der Waals surface area contributed by atoms with Gasteiger partial charge in [-0.1, -0.05) is 23.7 Å². The maximum absolute atomic E-state index is 11.9. The minimum Gasteiger partial charge on any atom is -0.483 e. The molecule has 7 heteroatoms. The molecule has 5 nitrogen and oxygen atoms in total. The molecule has 0 spiro atoms. The number of carbonyl (C=O) groups is 2. The Kier molecular flexibility index (Phi) is 5.41. The molecule has 0 heterocycles. The van der Waals surface area contributed by atoms with Gasteiger partial charge in [-0.25, -0.2) is 0 Å². The molecule has 0 saturated carbocycles. The van der Waals surface area contributed by atoms with Crippen LogP contribution in [0.1, 0.15) is 10.4 Å². The second-order valence-electron chi connectivity index (χ2n) is 4.32. The molecule has 0 aromatic heterocycles. The molecule has 0 unspecified atom stereocenters. The average molecular weight is 384 g/mol. The number of primary amides is 1. The minimum atomic E-state index is -0.614. The Hall–Kier alpha value is -2.05. The van der Waals surface area contributed by atoms with Crippen LogP contribution < -0.4 is 15.8 Å². The molecular formula is C15H12BrClN2O3. The first-order valence-electron chi connectivity index (χ1n) is 6.24. The molecule has 0 aliphatic rings. The van der Waals surface area contributed by atoms with Crippen molar-refractivity contribution in [3.8, 4) is 5.75 Å². The Morgan fingerprint density at radius 2 is 1.95 bits per heavy atom. The van der Waals surface area contributed by atoms with Gasteiger partial charge in [0.25, 0.3) is 11.8 Å². The van der Waals surface area contributed by atoms with Crippen molar-refractivity contribution in [3.63, 3.8) is 0 Å². The first-order valence-corrected chi connectivity index (χ1v) is 7.41. The molecule has 0 radical (unpaired) electrons. The van der Waals surface area contributed by atoms with Crippen LogP contribution in [0.3, 0.4) is 0 Å². The summed E-state index contributed by atoms with van der Waals surface area (Å²) in [5.74, 6) is -0.532. The second-order valence-corrected chi connectivity index (χ2v) is 5.61. The van der Waals surface area contributed by atoms with E-state index < -0.39 is 11.8 Å². The molecule has 22 heavy (non-hydrogen) atoms. The van der Waals surface area contributed by atoms with E-state index in [1.165, 1.54) is 6.07 Å². The van der Waals surface area contributed by atoms with Gasteiger partial charge >= 0.3 is 0 Å². The van der Waals surface area contributed by atoms with E-state index in [9.17, 15) is 9.59 Å². The van der Waals surface area contributed by atoms with E-state index >= 15 is 0 Å². The van der Waals surface area contributed by atoms with Gasteiger partial charge < -0.3 is 15.8 Å². The normalized spacial score (nSPS) is 10.1. The molecule has 0 aliphatic carbocycles. The van der Waals surface area contributed by atoms with Gasteiger partial charge in [-0.2, -0.15) is 0 Å². The fourth-order valence-corrected chi connectivity index (χ4v) is 2.53. The highest BCUT2D eigenvalue weighted by Crippen LogP contribution is 2.27. The minimum absolute atomic E-state index is 0.215. The van der Waals surface area contributed by atoms with Crippen LogP contribution in [0.25, 0.3) is 0 Å². The summed E-state index contributed by atoms with van der Waals surface area (Å²) < 4.78 is 6.04. The molecule has 2 rings (SSSR count). The zero-order valence-corrected chi connectivity index (χ0v) is 13.6. The second kappa shape index (κ2) is 7.29. The zero-order chi connectivity index (χ0) is 16.1. The van der Waals surface area contributed by atoms with Crippen molar-refractivity contribution in [2.45, 2.75) is 0 Å². The van der Waals surface area contributed by atoms with Gasteiger partial charge in [0, 0.05) is 5.02 Å². The van der Waals surface area contributed by atoms with Crippen LogP contribution in [0.15, 0.2) is 46.9 Å². The summed E-state index contributed by atoms with van der Waals surface area (Å²) in [6.07, 6.45) is 0. The largest absolute Gasteiger partial charge is 0.483 e. The van der Waals surface area contributed by atoms with Crippen LogP contribution in [0, 0.1) is 0 Å². The molecule has 0 saturated heterocycles. The van der Waals surface area contributed by atoms with Crippen molar-refractivity contribution >= 4 is 45.0 Å². The van der Waals surface area contributed by atoms with E-state index in [0.29, 0.717) is 20.9 Å². The lowest BCUT2D eigenvalue weighted by Gasteiger charge is -2.10. The molecule has 2 amide bonds. The van der Waals surface area contributed by atoms with Crippen molar-refractivity contribution in [2.24, 2.45) is 5.73 Å². The van der Waals surface area contributed by atoms with Gasteiger partial charge in [0.15, 0.2) is 6.61 Å². The van der Waals surface area contributed by atoms with E-state index in [0.717, 1.165) is 0 Å². The third kappa shape index (κ3) is 4.22. The fraction of sp³-hybridized carbons (Fsp3) is 0.0667. The molecule has 3 N–H and O–H groups in total. The first-order chi connectivity index (χ1) is 10.5. The van der Waals surface area contributed by atoms with Gasteiger partial charge in [0.1, 0.15) is 5.75 Å². The summed E-state index contributed by atoms with van der Waals surface area (Å²) in [4.78, 5) is 23.2. The maximum Gasteiger partial charge on any atom is 0.262 e. The standard InChI is InChI=1S/C15H12BrClN2O3/c16-11-7-9(17)5-6-13(11)22-8-14(20)19-12-4-2-1-3-10(12)15(18)21/h1-7H,8H2,(H2,18,21)(H,19,20). The number of carbonyl (C=O) groups excluding carboxylic acids is 2. The Labute approximate surface area is 140 Å². The third-order valence-electron chi connectivity index (χ3n) is 2.72. The van der Waals surface area contributed by atoms with Crippen molar-refractivity contribution in [2.75, 3.05) is 11.9 Å². The highest BCUT2D eigenvalue weighted by atomic mass is 79.9. The molecule has 0 aliphatic heterocycles. The lowest BCUT2D eigenvalue weighted by molar-refractivity contribution is -0.118. The monoisotopic (exact) mass is 382 g/mol. The van der Waals surface area contributed by atoms with Crippen LogP contribution in [0.2, 0.25) is 5.02 Å². The van der Waals surface area contributed by atoms with E-state index in [2.05, 4.69) is 21.2 Å². The van der Waals surface area contributed by atoms with Crippen LogP contribution in [-0.2, 0) is 4.79 Å². The summed E-state index contributed by atoms with van der Waals surface area (Å²) in [6, 6.07) is 11.5. The molecular weight excluding hydrogens is 372 g/mol. The molecule has 0 fully saturated rings. The number of halogens is 2. The summed E-state index contributed by atoms with van der Waals surface area (Å²) in [6.45, 7) is -0.215. The number of amides is 2. The number of ether oxygens (including phenoxy) is 1.